The summed E-state index contributed by atoms with van der Waals surface area (Å²) in [4.78, 5) is 10.1. The van der Waals surface area contributed by atoms with Crippen LogP contribution in [0, 0.1) is 6.92 Å². The summed E-state index contributed by atoms with van der Waals surface area (Å²) in [6.07, 6.45) is -2.30. The molecule has 4 heteroatoms. The fourth-order valence-corrected chi connectivity index (χ4v) is 0.787. The number of aliphatic carboxylic acids is 1. The van der Waals surface area contributed by atoms with Crippen molar-refractivity contribution >= 4 is 5.97 Å². The first kappa shape index (κ1) is 9.51. The van der Waals surface area contributed by atoms with Crippen LogP contribution in [-0.4, -0.2) is 17.4 Å². The molecule has 0 aliphatic rings. The maximum absolute atomic E-state index is 12.5. The predicted octanol–water partition coefficient (Wildman–Crippen LogP) is 1.75. The second kappa shape index (κ2) is 3.89. The molecule has 0 aromatic heterocycles. The van der Waals surface area contributed by atoms with Gasteiger partial charge in [0.25, 0.3) is 0 Å². The van der Waals surface area contributed by atoms with Gasteiger partial charge in [-0.2, -0.15) is 4.39 Å². The van der Waals surface area contributed by atoms with E-state index in [1.165, 1.54) is 12.1 Å². The molecule has 0 spiro atoms. The molecule has 1 unspecified atom stereocenters. The quantitative estimate of drug-likeness (QED) is 0.778. The van der Waals surface area contributed by atoms with Crippen LogP contribution in [0.15, 0.2) is 24.3 Å². The van der Waals surface area contributed by atoms with Crippen molar-refractivity contribution in [2.24, 2.45) is 0 Å². The lowest BCUT2D eigenvalue weighted by molar-refractivity contribution is -0.153. The van der Waals surface area contributed by atoms with Crippen LogP contribution in [0.25, 0.3) is 0 Å². The molecular weight excluding hydrogens is 175 g/mol. The first-order chi connectivity index (χ1) is 6.09. The van der Waals surface area contributed by atoms with Gasteiger partial charge in [-0.15, -0.1) is 0 Å². The largest absolute Gasteiger partial charge is 0.476 e. The van der Waals surface area contributed by atoms with Crippen molar-refractivity contribution in [2.75, 3.05) is 0 Å². The predicted molar refractivity (Wildman–Crippen MR) is 44.3 cm³/mol. The van der Waals surface area contributed by atoms with Gasteiger partial charge in [0.2, 0.25) is 0 Å². The van der Waals surface area contributed by atoms with Crippen molar-refractivity contribution in [2.45, 2.75) is 13.3 Å². The van der Waals surface area contributed by atoms with E-state index >= 15 is 0 Å². The molecule has 1 rings (SSSR count). The minimum atomic E-state index is -2.30. The minimum Gasteiger partial charge on any atom is -0.476 e. The fraction of sp³-hybridized carbons (Fsp3) is 0.222. The maximum atomic E-state index is 12.5. The lowest BCUT2D eigenvalue weighted by Gasteiger charge is -2.06. The number of carboxylic acids is 1. The summed E-state index contributed by atoms with van der Waals surface area (Å²) in [5.74, 6) is -1.42. The molecule has 1 atom stereocenters. The highest BCUT2D eigenvalue weighted by atomic mass is 19.1. The molecule has 0 aliphatic heterocycles. The third kappa shape index (κ3) is 2.74. The summed E-state index contributed by atoms with van der Waals surface area (Å²) >= 11 is 0. The van der Waals surface area contributed by atoms with Crippen LogP contribution in [-0.2, 0) is 4.79 Å². The number of hydrogen-bond donors (Lipinski definition) is 1. The number of carbonyl (C=O) groups is 1. The Balaban J connectivity index is 2.64. The van der Waals surface area contributed by atoms with Crippen LogP contribution >= 0.6 is 0 Å². The van der Waals surface area contributed by atoms with Crippen molar-refractivity contribution in [1.82, 2.24) is 0 Å². The lowest BCUT2D eigenvalue weighted by atomic mass is 10.2. The summed E-state index contributed by atoms with van der Waals surface area (Å²) in [6, 6.07) is 6.46. The van der Waals surface area contributed by atoms with Gasteiger partial charge < -0.3 is 9.84 Å². The van der Waals surface area contributed by atoms with Gasteiger partial charge in [-0.25, -0.2) is 4.79 Å². The van der Waals surface area contributed by atoms with Crippen LogP contribution in [0.2, 0.25) is 0 Å². The number of rotatable bonds is 3. The molecular formula is C9H9FO3. The number of aryl methyl sites for hydroxylation is 1. The molecule has 0 saturated carbocycles. The normalized spacial score (nSPS) is 12.2. The zero-order chi connectivity index (χ0) is 9.84. The molecule has 70 valence electrons. The monoisotopic (exact) mass is 184 g/mol. The number of ether oxygens (including phenoxy) is 1. The summed E-state index contributed by atoms with van der Waals surface area (Å²) in [7, 11) is 0. The van der Waals surface area contributed by atoms with Crippen LogP contribution in [0.5, 0.6) is 5.75 Å². The molecule has 1 aromatic rings. The van der Waals surface area contributed by atoms with E-state index in [1.807, 2.05) is 6.92 Å². The summed E-state index contributed by atoms with van der Waals surface area (Å²) in [5.41, 5.74) is 0.998. The lowest BCUT2D eigenvalue weighted by Crippen LogP contribution is -2.21. The number of halogens is 1. The van der Waals surface area contributed by atoms with Crippen LogP contribution in [0.1, 0.15) is 5.56 Å². The fourth-order valence-electron chi connectivity index (χ4n) is 0.787. The van der Waals surface area contributed by atoms with Crippen molar-refractivity contribution in [3.8, 4) is 5.75 Å². The second-order valence-corrected chi connectivity index (χ2v) is 2.59. The molecule has 13 heavy (non-hydrogen) atoms. The van der Waals surface area contributed by atoms with Gasteiger partial charge in [0.05, 0.1) is 0 Å². The zero-order valence-corrected chi connectivity index (χ0v) is 7.03. The van der Waals surface area contributed by atoms with E-state index in [-0.39, 0.29) is 5.75 Å². The Hall–Kier alpha value is -1.58. The topological polar surface area (TPSA) is 46.5 Å². The van der Waals surface area contributed by atoms with E-state index in [0.717, 1.165) is 5.56 Å². The smallest absolute Gasteiger partial charge is 0.378 e. The molecule has 0 amide bonds. The van der Waals surface area contributed by atoms with Gasteiger partial charge in [-0.3, -0.25) is 0 Å². The van der Waals surface area contributed by atoms with Gasteiger partial charge >= 0.3 is 12.3 Å². The third-order valence-electron chi connectivity index (χ3n) is 1.45. The molecule has 3 nitrogen and oxygen atoms in total. The number of benzene rings is 1. The van der Waals surface area contributed by atoms with E-state index in [9.17, 15) is 9.18 Å². The number of carboxylic acid groups (broad SMARTS) is 1. The van der Waals surface area contributed by atoms with Crippen LogP contribution < -0.4 is 4.74 Å². The van der Waals surface area contributed by atoms with Crippen molar-refractivity contribution in [3.05, 3.63) is 29.8 Å². The van der Waals surface area contributed by atoms with E-state index < -0.39 is 12.3 Å². The Morgan fingerprint density at radius 2 is 2.00 bits per heavy atom. The summed E-state index contributed by atoms with van der Waals surface area (Å²) in [5, 5.41) is 8.20. The van der Waals surface area contributed by atoms with E-state index in [0.29, 0.717) is 0 Å². The molecule has 0 radical (unpaired) electrons. The minimum absolute atomic E-state index is 0.209. The standard InChI is InChI=1S/C9H9FO3/c1-6-2-4-7(5-3-6)13-8(10)9(11)12/h2-5,8H,1H3,(H,11,12). The van der Waals surface area contributed by atoms with Gasteiger partial charge in [-0.05, 0) is 19.1 Å². The van der Waals surface area contributed by atoms with Gasteiger partial charge in [0.1, 0.15) is 5.75 Å². The molecule has 0 saturated heterocycles. The SMILES string of the molecule is Cc1ccc(OC(F)C(=O)O)cc1. The Bertz CT molecular complexity index is 294. The van der Waals surface area contributed by atoms with E-state index in [4.69, 9.17) is 5.11 Å². The third-order valence-corrected chi connectivity index (χ3v) is 1.45. The van der Waals surface area contributed by atoms with Gasteiger partial charge in [0.15, 0.2) is 0 Å². The van der Waals surface area contributed by atoms with Crippen LogP contribution in [0.4, 0.5) is 4.39 Å². The van der Waals surface area contributed by atoms with Crippen molar-refractivity contribution in [3.63, 3.8) is 0 Å². The maximum Gasteiger partial charge on any atom is 0.378 e. The molecule has 1 N–H and O–H groups in total. The molecule has 0 aliphatic carbocycles. The summed E-state index contributed by atoms with van der Waals surface area (Å²) < 4.78 is 17.0. The van der Waals surface area contributed by atoms with Crippen molar-refractivity contribution < 1.29 is 19.0 Å². The highest BCUT2D eigenvalue weighted by molar-refractivity contribution is 5.70. The van der Waals surface area contributed by atoms with Gasteiger partial charge in [0, 0.05) is 0 Å². The Morgan fingerprint density at radius 3 is 2.46 bits per heavy atom. The number of alkyl halides is 1. The highest BCUT2D eigenvalue weighted by Crippen LogP contribution is 2.13. The Labute approximate surface area is 74.8 Å². The number of hydrogen-bond acceptors (Lipinski definition) is 2. The zero-order valence-electron chi connectivity index (χ0n) is 7.03. The van der Waals surface area contributed by atoms with E-state index in [2.05, 4.69) is 4.74 Å². The average Bonchev–Trinajstić information content (AvgIpc) is 2.08. The average molecular weight is 184 g/mol. The summed E-state index contributed by atoms with van der Waals surface area (Å²) in [6.45, 7) is 1.87. The molecule has 1 aromatic carbocycles. The van der Waals surface area contributed by atoms with E-state index in [1.54, 1.807) is 12.1 Å². The molecule has 0 heterocycles. The highest BCUT2D eigenvalue weighted by Gasteiger charge is 2.16. The first-order valence-corrected chi connectivity index (χ1v) is 3.70. The van der Waals surface area contributed by atoms with Crippen LogP contribution in [0.3, 0.4) is 0 Å². The molecule has 0 fully saturated rings. The van der Waals surface area contributed by atoms with Crippen molar-refractivity contribution in [1.29, 1.82) is 0 Å². The Kier molecular flexibility index (Phi) is 2.84. The first-order valence-electron chi connectivity index (χ1n) is 3.70. The van der Waals surface area contributed by atoms with Gasteiger partial charge in [-0.1, -0.05) is 17.7 Å². The Morgan fingerprint density at radius 1 is 1.46 bits per heavy atom. The molecule has 0 bridgehead atoms. The second-order valence-electron chi connectivity index (χ2n) is 2.59.